The summed E-state index contributed by atoms with van der Waals surface area (Å²) in [5.41, 5.74) is 3.09. The smallest absolute Gasteiger partial charge is 0.290 e. The molecule has 1 aliphatic rings. The molecule has 1 aliphatic heterocycles. The van der Waals surface area contributed by atoms with Crippen LogP contribution in [-0.4, -0.2) is 24.8 Å². The first kappa shape index (κ1) is 10.7. The average molecular weight is 217 g/mol. The summed E-state index contributed by atoms with van der Waals surface area (Å²) in [6, 6.07) is 5.96. The zero-order valence-electron chi connectivity index (χ0n) is 9.50. The Morgan fingerprint density at radius 1 is 1.31 bits per heavy atom. The number of hydrogen-bond acceptors (Lipinski definition) is 3. The van der Waals surface area contributed by atoms with Gasteiger partial charge in [0.15, 0.2) is 5.84 Å². The van der Waals surface area contributed by atoms with Crippen LogP contribution in [0, 0.1) is 13.8 Å². The molecule has 1 aromatic rings. The van der Waals surface area contributed by atoms with Gasteiger partial charge in [0.05, 0.1) is 6.54 Å². The van der Waals surface area contributed by atoms with Crippen LogP contribution < -0.4 is 10.6 Å². The minimum atomic E-state index is -0.164. The van der Waals surface area contributed by atoms with Gasteiger partial charge in [-0.15, -0.1) is 0 Å². The number of nitrogens with zero attached hydrogens (tertiary/aromatic N) is 1. The molecule has 84 valence electrons. The van der Waals surface area contributed by atoms with E-state index < -0.39 is 0 Å². The Bertz CT molecular complexity index is 431. The van der Waals surface area contributed by atoms with Gasteiger partial charge in [0.1, 0.15) is 0 Å². The lowest BCUT2D eigenvalue weighted by Crippen LogP contribution is -2.32. The summed E-state index contributed by atoms with van der Waals surface area (Å²) in [7, 11) is 0. The third-order valence-corrected chi connectivity index (χ3v) is 2.37. The second-order valence-corrected chi connectivity index (χ2v) is 3.99. The van der Waals surface area contributed by atoms with Crippen LogP contribution in [-0.2, 0) is 4.79 Å². The molecular formula is C12H15N3O. The standard InChI is InChI=1S/C12H15N3O/c1-8-5-9(2)7-10(6-8)15-12(16)11-13-3-4-14-11/h5-7H,3-4H2,1-2H3,(H,13,14)(H,15,16). The lowest BCUT2D eigenvalue weighted by molar-refractivity contribution is -0.110. The molecule has 1 heterocycles. The molecule has 16 heavy (non-hydrogen) atoms. The fourth-order valence-electron chi connectivity index (χ4n) is 1.79. The summed E-state index contributed by atoms with van der Waals surface area (Å²) in [5, 5.41) is 5.78. The molecule has 1 aromatic carbocycles. The van der Waals surface area contributed by atoms with Crippen molar-refractivity contribution in [3.63, 3.8) is 0 Å². The van der Waals surface area contributed by atoms with Crippen molar-refractivity contribution < 1.29 is 4.79 Å². The van der Waals surface area contributed by atoms with Crippen molar-refractivity contribution in [2.75, 3.05) is 18.4 Å². The van der Waals surface area contributed by atoms with Gasteiger partial charge >= 0.3 is 0 Å². The molecular weight excluding hydrogens is 202 g/mol. The van der Waals surface area contributed by atoms with E-state index in [-0.39, 0.29) is 5.91 Å². The molecule has 0 atom stereocenters. The second kappa shape index (κ2) is 4.35. The molecule has 0 saturated heterocycles. The summed E-state index contributed by atoms with van der Waals surface area (Å²) in [6.45, 7) is 5.44. The first-order valence-electron chi connectivity index (χ1n) is 5.33. The minimum Gasteiger partial charge on any atom is -0.364 e. The number of hydrogen-bond donors (Lipinski definition) is 2. The van der Waals surface area contributed by atoms with Crippen molar-refractivity contribution >= 4 is 17.4 Å². The molecule has 0 unspecified atom stereocenters. The number of aryl methyl sites for hydroxylation is 2. The van der Waals surface area contributed by atoms with Gasteiger partial charge in [-0.3, -0.25) is 9.79 Å². The Kier molecular flexibility index (Phi) is 2.90. The summed E-state index contributed by atoms with van der Waals surface area (Å²) in [4.78, 5) is 15.8. The average Bonchev–Trinajstić information content (AvgIpc) is 2.68. The number of rotatable bonds is 2. The highest BCUT2D eigenvalue weighted by Gasteiger charge is 2.14. The van der Waals surface area contributed by atoms with E-state index in [2.05, 4.69) is 21.7 Å². The predicted octanol–water partition coefficient (Wildman–Crippen LogP) is 1.24. The van der Waals surface area contributed by atoms with Crippen LogP contribution in [0.3, 0.4) is 0 Å². The maximum atomic E-state index is 11.7. The number of aliphatic imine (C=N–C) groups is 1. The van der Waals surface area contributed by atoms with Crippen molar-refractivity contribution in [1.82, 2.24) is 5.32 Å². The predicted molar refractivity (Wildman–Crippen MR) is 64.9 cm³/mol. The highest BCUT2D eigenvalue weighted by atomic mass is 16.2. The fourth-order valence-corrected chi connectivity index (χ4v) is 1.79. The third-order valence-electron chi connectivity index (χ3n) is 2.37. The highest BCUT2D eigenvalue weighted by Crippen LogP contribution is 2.13. The van der Waals surface area contributed by atoms with Gasteiger partial charge in [0.2, 0.25) is 0 Å². The van der Waals surface area contributed by atoms with Crippen molar-refractivity contribution in [3.05, 3.63) is 29.3 Å². The fraction of sp³-hybridized carbons (Fsp3) is 0.333. The number of carbonyl (C=O) groups excluding carboxylic acids is 1. The lowest BCUT2D eigenvalue weighted by atomic mass is 10.1. The summed E-state index contributed by atoms with van der Waals surface area (Å²) >= 11 is 0. The SMILES string of the molecule is Cc1cc(C)cc(NC(=O)C2=NCCN2)c1. The van der Waals surface area contributed by atoms with Crippen molar-refractivity contribution in [1.29, 1.82) is 0 Å². The second-order valence-electron chi connectivity index (χ2n) is 3.99. The Hall–Kier alpha value is -1.84. The molecule has 0 aliphatic carbocycles. The maximum absolute atomic E-state index is 11.7. The van der Waals surface area contributed by atoms with E-state index in [1.165, 1.54) is 0 Å². The summed E-state index contributed by atoms with van der Waals surface area (Å²) < 4.78 is 0. The molecule has 0 radical (unpaired) electrons. The molecule has 2 N–H and O–H groups in total. The van der Waals surface area contributed by atoms with E-state index >= 15 is 0 Å². The van der Waals surface area contributed by atoms with Crippen molar-refractivity contribution in [2.45, 2.75) is 13.8 Å². The van der Waals surface area contributed by atoms with Gasteiger partial charge in [-0.25, -0.2) is 0 Å². The van der Waals surface area contributed by atoms with E-state index in [0.717, 1.165) is 23.4 Å². The zero-order valence-corrected chi connectivity index (χ0v) is 9.50. The quantitative estimate of drug-likeness (QED) is 0.783. The number of benzene rings is 1. The molecule has 0 bridgehead atoms. The molecule has 0 aromatic heterocycles. The largest absolute Gasteiger partial charge is 0.364 e. The number of carbonyl (C=O) groups is 1. The van der Waals surface area contributed by atoms with E-state index in [1.807, 2.05) is 26.0 Å². The van der Waals surface area contributed by atoms with Gasteiger partial charge in [0.25, 0.3) is 5.91 Å². The van der Waals surface area contributed by atoms with Crippen LogP contribution in [0.1, 0.15) is 11.1 Å². The van der Waals surface area contributed by atoms with Gasteiger partial charge in [-0.1, -0.05) is 6.07 Å². The van der Waals surface area contributed by atoms with E-state index in [1.54, 1.807) is 0 Å². The molecule has 0 saturated carbocycles. The van der Waals surface area contributed by atoms with Gasteiger partial charge in [0, 0.05) is 12.2 Å². The summed E-state index contributed by atoms with van der Waals surface area (Å²) in [6.07, 6.45) is 0. The van der Waals surface area contributed by atoms with Crippen molar-refractivity contribution in [3.8, 4) is 0 Å². The van der Waals surface area contributed by atoms with Gasteiger partial charge in [-0.05, 0) is 37.1 Å². The Morgan fingerprint density at radius 2 is 2.00 bits per heavy atom. The zero-order chi connectivity index (χ0) is 11.5. The molecule has 1 amide bonds. The Morgan fingerprint density at radius 3 is 2.56 bits per heavy atom. The Labute approximate surface area is 94.8 Å². The van der Waals surface area contributed by atoms with Crippen LogP contribution in [0.2, 0.25) is 0 Å². The highest BCUT2D eigenvalue weighted by molar-refractivity contribution is 6.42. The number of amides is 1. The van der Waals surface area contributed by atoms with Crippen molar-refractivity contribution in [2.24, 2.45) is 4.99 Å². The van der Waals surface area contributed by atoms with Gasteiger partial charge < -0.3 is 10.6 Å². The molecule has 0 fully saturated rings. The number of amidine groups is 1. The molecule has 0 spiro atoms. The van der Waals surface area contributed by atoms with Crippen LogP contribution in [0.4, 0.5) is 5.69 Å². The van der Waals surface area contributed by atoms with Crippen LogP contribution in [0.15, 0.2) is 23.2 Å². The first-order valence-corrected chi connectivity index (χ1v) is 5.33. The van der Waals surface area contributed by atoms with E-state index in [0.29, 0.717) is 12.4 Å². The molecule has 2 rings (SSSR count). The number of nitrogens with one attached hydrogen (secondary N) is 2. The van der Waals surface area contributed by atoms with Crippen LogP contribution in [0.25, 0.3) is 0 Å². The number of anilines is 1. The minimum absolute atomic E-state index is 0.164. The topological polar surface area (TPSA) is 53.5 Å². The maximum Gasteiger partial charge on any atom is 0.290 e. The van der Waals surface area contributed by atoms with Crippen LogP contribution in [0.5, 0.6) is 0 Å². The molecule has 4 nitrogen and oxygen atoms in total. The van der Waals surface area contributed by atoms with Gasteiger partial charge in [-0.2, -0.15) is 0 Å². The van der Waals surface area contributed by atoms with Crippen LogP contribution >= 0.6 is 0 Å². The first-order chi connectivity index (χ1) is 7.65. The normalized spacial score (nSPS) is 14.2. The lowest BCUT2D eigenvalue weighted by Gasteiger charge is -2.07. The summed E-state index contributed by atoms with van der Waals surface area (Å²) in [5.74, 6) is 0.265. The van der Waals surface area contributed by atoms with E-state index in [9.17, 15) is 4.79 Å². The third kappa shape index (κ3) is 2.39. The Balaban J connectivity index is 2.11. The molecule has 4 heteroatoms. The van der Waals surface area contributed by atoms with E-state index in [4.69, 9.17) is 0 Å². The monoisotopic (exact) mass is 217 g/mol.